The molecule has 5 nitrogen and oxygen atoms in total. The van der Waals surface area contributed by atoms with Gasteiger partial charge in [-0.3, -0.25) is 0 Å². The van der Waals surface area contributed by atoms with Gasteiger partial charge in [-0.05, 0) is 51.2 Å². The third-order valence-corrected chi connectivity index (χ3v) is 4.42. The summed E-state index contributed by atoms with van der Waals surface area (Å²) in [7, 11) is 0. The summed E-state index contributed by atoms with van der Waals surface area (Å²) in [6.45, 7) is 5.25. The minimum atomic E-state index is -0.351. The Kier molecular flexibility index (Phi) is 10.9. The molecule has 1 aliphatic carbocycles. The van der Waals surface area contributed by atoms with Crippen molar-refractivity contribution in [3.05, 3.63) is 30.1 Å². The van der Waals surface area contributed by atoms with Gasteiger partial charge >= 0.3 is 0 Å². The molecule has 1 aromatic carbocycles. The Bertz CT molecular complexity index is 551. The van der Waals surface area contributed by atoms with Crippen LogP contribution in [-0.4, -0.2) is 42.4 Å². The smallest absolute Gasteiger partial charge is 0.191 e. The Morgan fingerprint density at radius 1 is 1.27 bits per heavy atom. The lowest BCUT2D eigenvalue weighted by Gasteiger charge is -2.28. The Morgan fingerprint density at radius 3 is 2.58 bits per heavy atom. The van der Waals surface area contributed by atoms with Gasteiger partial charge in [-0.25, -0.2) is 9.38 Å². The molecule has 1 unspecified atom stereocenters. The van der Waals surface area contributed by atoms with E-state index in [0.29, 0.717) is 12.6 Å². The van der Waals surface area contributed by atoms with Crippen molar-refractivity contribution < 1.29 is 14.2 Å². The van der Waals surface area contributed by atoms with Gasteiger partial charge in [0.15, 0.2) is 17.5 Å². The Morgan fingerprint density at radius 2 is 1.96 bits per heavy atom. The molecular weight excluding hydrogens is 448 g/mol. The molecule has 0 saturated heterocycles. The molecule has 1 fully saturated rings. The highest BCUT2D eigenvalue weighted by Crippen LogP contribution is 2.19. The number of para-hydroxylation sites is 1. The van der Waals surface area contributed by atoms with Gasteiger partial charge in [-0.1, -0.05) is 19.1 Å². The summed E-state index contributed by atoms with van der Waals surface area (Å²) in [5.74, 6) is 0.666. The van der Waals surface area contributed by atoms with Crippen LogP contribution in [0.1, 0.15) is 46.0 Å². The zero-order valence-corrected chi connectivity index (χ0v) is 17.9. The van der Waals surface area contributed by atoms with Gasteiger partial charge in [0.2, 0.25) is 0 Å². The number of rotatable bonds is 7. The average Bonchev–Trinajstić information content (AvgIpc) is 2.62. The second-order valence-corrected chi connectivity index (χ2v) is 6.45. The summed E-state index contributed by atoms with van der Waals surface area (Å²) in [5, 5.41) is 16.3. The topological polar surface area (TPSA) is 65.9 Å². The first kappa shape index (κ1) is 23.0. The molecule has 0 amide bonds. The van der Waals surface area contributed by atoms with Crippen molar-refractivity contribution in [2.24, 2.45) is 4.99 Å². The van der Waals surface area contributed by atoms with Crippen LogP contribution in [0.15, 0.2) is 29.3 Å². The van der Waals surface area contributed by atoms with Crippen LogP contribution in [0.5, 0.6) is 5.75 Å². The Labute approximate surface area is 172 Å². The lowest BCUT2D eigenvalue weighted by Crippen LogP contribution is -2.45. The molecule has 1 aliphatic rings. The molecule has 7 heteroatoms. The normalized spacial score (nSPS) is 21.5. The Balaban J connectivity index is 0.00000338. The fourth-order valence-electron chi connectivity index (χ4n) is 2.90. The van der Waals surface area contributed by atoms with Crippen LogP contribution in [0.2, 0.25) is 0 Å². The SMILES string of the molecule is CCNC(=NCC(CC)Oc1ccccc1F)NC1CCC(O)CC1.I. The minimum absolute atomic E-state index is 0. The van der Waals surface area contributed by atoms with Crippen LogP contribution in [0.3, 0.4) is 0 Å². The number of aliphatic imine (C=N–C) groups is 1. The first-order valence-electron chi connectivity index (χ1n) is 9.26. The summed E-state index contributed by atoms with van der Waals surface area (Å²) in [6.07, 6.45) is 3.92. The summed E-state index contributed by atoms with van der Waals surface area (Å²) in [6, 6.07) is 6.77. The number of nitrogens with zero attached hydrogens (tertiary/aromatic N) is 1. The number of nitrogens with one attached hydrogen (secondary N) is 2. The van der Waals surface area contributed by atoms with Gasteiger partial charge < -0.3 is 20.5 Å². The maximum atomic E-state index is 13.7. The summed E-state index contributed by atoms with van der Waals surface area (Å²) in [5.41, 5.74) is 0. The van der Waals surface area contributed by atoms with Crippen LogP contribution in [-0.2, 0) is 0 Å². The van der Waals surface area contributed by atoms with Crippen molar-refractivity contribution in [1.82, 2.24) is 10.6 Å². The van der Waals surface area contributed by atoms with Gasteiger partial charge in [0.25, 0.3) is 0 Å². The van der Waals surface area contributed by atoms with E-state index in [4.69, 9.17) is 4.74 Å². The van der Waals surface area contributed by atoms with Crippen molar-refractivity contribution in [1.29, 1.82) is 0 Å². The monoisotopic (exact) mass is 479 g/mol. The van der Waals surface area contributed by atoms with Gasteiger partial charge in [0.05, 0.1) is 12.6 Å². The highest BCUT2D eigenvalue weighted by molar-refractivity contribution is 14.0. The van der Waals surface area contributed by atoms with E-state index in [9.17, 15) is 9.50 Å². The molecular formula is C19H31FIN3O2. The second-order valence-electron chi connectivity index (χ2n) is 6.45. The maximum Gasteiger partial charge on any atom is 0.191 e. The number of aliphatic hydroxyl groups excluding tert-OH is 1. The molecule has 26 heavy (non-hydrogen) atoms. The van der Waals surface area contributed by atoms with Crippen molar-refractivity contribution in [2.75, 3.05) is 13.1 Å². The number of hydrogen-bond acceptors (Lipinski definition) is 3. The Hall–Kier alpha value is -1.09. The fraction of sp³-hybridized carbons (Fsp3) is 0.632. The zero-order valence-electron chi connectivity index (χ0n) is 15.6. The lowest BCUT2D eigenvalue weighted by molar-refractivity contribution is 0.120. The standard InChI is InChI=1S/C19H30FN3O2.HI/c1-3-16(25-18-8-6-5-7-17(18)20)13-22-19(21-4-2)23-14-9-11-15(24)12-10-14;/h5-8,14-16,24H,3-4,9-13H2,1-2H3,(H2,21,22,23);1H. The van der Waals surface area contributed by atoms with E-state index in [0.717, 1.165) is 44.6 Å². The van der Waals surface area contributed by atoms with Crippen molar-refractivity contribution >= 4 is 29.9 Å². The number of ether oxygens (including phenoxy) is 1. The van der Waals surface area contributed by atoms with Crippen molar-refractivity contribution in [2.45, 2.75) is 64.2 Å². The molecule has 2 rings (SSSR count). The van der Waals surface area contributed by atoms with Gasteiger partial charge in [-0.2, -0.15) is 0 Å². The second kappa shape index (κ2) is 12.3. The van der Waals surface area contributed by atoms with E-state index in [1.807, 2.05) is 13.8 Å². The molecule has 1 aromatic rings. The summed E-state index contributed by atoms with van der Waals surface area (Å²) < 4.78 is 19.5. The lowest BCUT2D eigenvalue weighted by atomic mass is 9.93. The highest BCUT2D eigenvalue weighted by atomic mass is 127. The van der Waals surface area contributed by atoms with Crippen LogP contribution in [0.4, 0.5) is 4.39 Å². The van der Waals surface area contributed by atoms with E-state index >= 15 is 0 Å². The molecule has 3 N–H and O–H groups in total. The summed E-state index contributed by atoms with van der Waals surface area (Å²) >= 11 is 0. The largest absolute Gasteiger partial charge is 0.485 e. The quantitative estimate of drug-likeness (QED) is 0.319. The number of aliphatic hydroxyl groups is 1. The van der Waals surface area contributed by atoms with E-state index in [2.05, 4.69) is 15.6 Å². The van der Waals surface area contributed by atoms with Crippen LogP contribution in [0, 0.1) is 5.82 Å². The van der Waals surface area contributed by atoms with E-state index in [-0.39, 0.29) is 47.8 Å². The number of benzene rings is 1. The van der Waals surface area contributed by atoms with Crippen molar-refractivity contribution in [3.8, 4) is 5.75 Å². The number of hydrogen-bond donors (Lipinski definition) is 3. The zero-order chi connectivity index (χ0) is 18.1. The van der Waals surface area contributed by atoms with E-state index in [1.165, 1.54) is 6.07 Å². The van der Waals surface area contributed by atoms with Gasteiger partial charge in [0.1, 0.15) is 6.10 Å². The van der Waals surface area contributed by atoms with Gasteiger partial charge in [-0.15, -0.1) is 24.0 Å². The third kappa shape index (κ3) is 7.65. The molecule has 1 saturated carbocycles. The predicted octanol–water partition coefficient (Wildman–Crippen LogP) is 3.46. The van der Waals surface area contributed by atoms with Crippen LogP contribution >= 0.6 is 24.0 Å². The van der Waals surface area contributed by atoms with Crippen LogP contribution in [0.25, 0.3) is 0 Å². The number of guanidine groups is 1. The number of halogens is 2. The van der Waals surface area contributed by atoms with E-state index < -0.39 is 0 Å². The minimum Gasteiger partial charge on any atom is -0.485 e. The average molecular weight is 479 g/mol. The van der Waals surface area contributed by atoms with Crippen molar-refractivity contribution in [3.63, 3.8) is 0 Å². The molecule has 148 valence electrons. The molecule has 1 atom stereocenters. The maximum absolute atomic E-state index is 13.7. The molecule has 0 spiro atoms. The molecule has 0 aliphatic heterocycles. The van der Waals surface area contributed by atoms with E-state index in [1.54, 1.807) is 18.2 Å². The molecule has 0 heterocycles. The first-order chi connectivity index (χ1) is 12.1. The third-order valence-electron chi connectivity index (χ3n) is 4.42. The summed E-state index contributed by atoms with van der Waals surface area (Å²) in [4.78, 5) is 4.61. The fourth-order valence-corrected chi connectivity index (χ4v) is 2.90. The highest BCUT2D eigenvalue weighted by Gasteiger charge is 2.20. The first-order valence-corrected chi connectivity index (χ1v) is 9.26. The molecule has 0 aromatic heterocycles. The van der Waals surface area contributed by atoms with Crippen LogP contribution < -0.4 is 15.4 Å². The predicted molar refractivity (Wildman–Crippen MR) is 114 cm³/mol. The molecule has 0 radical (unpaired) electrons. The molecule has 0 bridgehead atoms. The van der Waals surface area contributed by atoms with Gasteiger partial charge in [0, 0.05) is 12.6 Å².